The number of nitrogens with zero attached hydrogens (tertiary/aromatic N) is 1. The molecule has 0 heterocycles. The van der Waals surface area contributed by atoms with E-state index in [1.807, 2.05) is 12.2 Å². The monoisotopic (exact) mass is 211 g/mol. The van der Waals surface area contributed by atoms with Crippen molar-refractivity contribution in [2.24, 2.45) is 10.8 Å². The molecule has 15 heavy (non-hydrogen) atoms. The number of amides is 2. The van der Waals surface area contributed by atoms with Crippen LogP contribution in [0.1, 0.15) is 45.4 Å². The van der Waals surface area contributed by atoms with Crippen molar-refractivity contribution in [3.8, 4) is 0 Å². The molecule has 0 aromatic heterocycles. The van der Waals surface area contributed by atoms with Gasteiger partial charge in [0.1, 0.15) is 0 Å². The van der Waals surface area contributed by atoms with E-state index < -0.39 is 6.03 Å². The number of carbonyl (C=O) groups is 1. The summed E-state index contributed by atoms with van der Waals surface area (Å²) >= 11 is 0. The lowest BCUT2D eigenvalue weighted by molar-refractivity contribution is 0.249. The van der Waals surface area contributed by atoms with Crippen molar-refractivity contribution < 1.29 is 4.79 Å². The van der Waals surface area contributed by atoms with Crippen LogP contribution in [0.5, 0.6) is 0 Å². The van der Waals surface area contributed by atoms with Gasteiger partial charge in [-0.2, -0.15) is 5.10 Å². The predicted molar refractivity (Wildman–Crippen MR) is 63.7 cm³/mol. The normalized spacial score (nSPS) is 11.3. The molecule has 0 radical (unpaired) electrons. The number of rotatable bonds is 8. The Kier molecular flexibility index (Phi) is 9.81. The van der Waals surface area contributed by atoms with Crippen LogP contribution in [0.3, 0.4) is 0 Å². The highest BCUT2D eigenvalue weighted by molar-refractivity contribution is 5.75. The molecule has 2 amide bonds. The van der Waals surface area contributed by atoms with Crippen LogP contribution >= 0.6 is 0 Å². The smallest absolute Gasteiger partial charge is 0.332 e. The fourth-order valence-corrected chi connectivity index (χ4v) is 1.17. The van der Waals surface area contributed by atoms with Gasteiger partial charge in [-0.25, -0.2) is 10.2 Å². The van der Waals surface area contributed by atoms with Crippen molar-refractivity contribution in [2.45, 2.75) is 45.4 Å². The van der Waals surface area contributed by atoms with E-state index in [1.54, 1.807) is 0 Å². The molecular weight excluding hydrogens is 190 g/mol. The third-order valence-electron chi connectivity index (χ3n) is 1.95. The largest absolute Gasteiger partial charge is 0.350 e. The quantitative estimate of drug-likeness (QED) is 0.361. The maximum Gasteiger partial charge on any atom is 0.332 e. The molecule has 0 aliphatic rings. The summed E-state index contributed by atoms with van der Waals surface area (Å²) in [4.78, 5) is 10.2. The highest BCUT2D eigenvalue weighted by Gasteiger charge is 1.85. The van der Waals surface area contributed by atoms with E-state index in [4.69, 9.17) is 5.73 Å². The number of urea groups is 1. The van der Waals surface area contributed by atoms with Gasteiger partial charge < -0.3 is 5.73 Å². The number of hydrazone groups is 1. The maximum absolute atomic E-state index is 10.2. The molecule has 86 valence electrons. The van der Waals surface area contributed by atoms with Gasteiger partial charge in [-0.15, -0.1) is 0 Å². The molecular formula is C11H21N3O. The summed E-state index contributed by atoms with van der Waals surface area (Å²) < 4.78 is 0. The Morgan fingerprint density at radius 1 is 1.33 bits per heavy atom. The lowest BCUT2D eigenvalue weighted by atomic mass is 10.1. The zero-order valence-electron chi connectivity index (χ0n) is 9.41. The van der Waals surface area contributed by atoms with E-state index in [0.717, 1.165) is 6.42 Å². The number of primary amides is 1. The lowest BCUT2D eigenvalue weighted by Crippen LogP contribution is -2.24. The van der Waals surface area contributed by atoms with Crippen molar-refractivity contribution in [3.63, 3.8) is 0 Å². The molecule has 0 unspecified atom stereocenters. The summed E-state index contributed by atoms with van der Waals surface area (Å²) in [5.74, 6) is 0. The molecule has 0 aromatic carbocycles. The van der Waals surface area contributed by atoms with E-state index >= 15 is 0 Å². The van der Waals surface area contributed by atoms with E-state index in [2.05, 4.69) is 17.5 Å². The summed E-state index contributed by atoms with van der Waals surface area (Å²) in [7, 11) is 0. The van der Waals surface area contributed by atoms with Crippen LogP contribution in [-0.2, 0) is 0 Å². The third kappa shape index (κ3) is 12.7. The fraction of sp³-hybridized carbons (Fsp3) is 0.636. The number of hydrogen-bond donors (Lipinski definition) is 2. The number of unbranched alkanes of at least 4 members (excludes halogenated alkanes) is 5. The van der Waals surface area contributed by atoms with Crippen LogP contribution in [0.2, 0.25) is 0 Å². The molecule has 4 heteroatoms. The van der Waals surface area contributed by atoms with Crippen molar-refractivity contribution in [2.75, 3.05) is 0 Å². The van der Waals surface area contributed by atoms with Gasteiger partial charge in [-0.3, -0.25) is 0 Å². The van der Waals surface area contributed by atoms with Crippen LogP contribution in [0.15, 0.2) is 17.3 Å². The molecule has 0 aromatic rings. The van der Waals surface area contributed by atoms with Crippen molar-refractivity contribution >= 4 is 12.2 Å². The van der Waals surface area contributed by atoms with Gasteiger partial charge in [-0.05, 0) is 18.9 Å². The van der Waals surface area contributed by atoms with E-state index in [-0.39, 0.29) is 0 Å². The SMILES string of the molecule is CCCCCCC/C=C/C=N/NC(N)=O. The second-order valence-electron chi connectivity index (χ2n) is 3.39. The second kappa shape index (κ2) is 10.8. The van der Waals surface area contributed by atoms with Crippen molar-refractivity contribution in [1.82, 2.24) is 5.43 Å². The predicted octanol–water partition coefficient (Wildman–Crippen LogP) is 2.56. The van der Waals surface area contributed by atoms with Gasteiger partial charge in [0.25, 0.3) is 0 Å². The average molecular weight is 211 g/mol. The van der Waals surface area contributed by atoms with Crippen molar-refractivity contribution in [1.29, 1.82) is 0 Å². The first kappa shape index (κ1) is 13.7. The Morgan fingerprint density at radius 3 is 2.73 bits per heavy atom. The third-order valence-corrected chi connectivity index (χ3v) is 1.95. The van der Waals surface area contributed by atoms with Gasteiger partial charge in [0.05, 0.1) is 0 Å². The molecule has 0 aliphatic heterocycles. The van der Waals surface area contributed by atoms with Gasteiger partial charge in [0.2, 0.25) is 0 Å². The maximum atomic E-state index is 10.2. The second-order valence-corrected chi connectivity index (χ2v) is 3.39. The lowest BCUT2D eigenvalue weighted by Gasteiger charge is -1.95. The molecule has 0 saturated carbocycles. The first-order valence-electron chi connectivity index (χ1n) is 5.51. The molecule has 0 atom stereocenters. The van der Waals surface area contributed by atoms with E-state index in [9.17, 15) is 4.79 Å². The minimum Gasteiger partial charge on any atom is -0.350 e. The van der Waals surface area contributed by atoms with Gasteiger partial charge in [0, 0.05) is 6.21 Å². The molecule has 0 fully saturated rings. The minimum absolute atomic E-state index is 0.640. The van der Waals surface area contributed by atoms with Crippen molar-refractivity contribution in [3.05, 3.63) is 12.2 Å². The summed E-state index contributed by atoms with van der Waals surface area (Å²) in [5.41, 5.74) is 6.93. The van der Waals surface area contributed by atoms with Gasteiger partial charge in [0.15, 0.2) is 0 Å². The number of carbonyl (C=O) groups excluding carboxylic acids is 1. The average Bonchev–Trinajstić information content (AvgIpc) is 2.20. The van der Waals surface area contributed by atoms with Crippen LogP contribution < -0.4 is 11.2 Å². The van der Waals surface area contributed by atoms with Crippen LogP contribution in [0.4, 0.5) is 4.79 Å². The molecule has 3 N–H and O–H groups in total. The Bertz CT molecular complexity index is 212. The molecule has 0 saturated heterocycles. The fourth-order valence-electron chi connectivity index (χ4n) is 1.17. The number of hydrogen-bond acceptors (Lipinski definition) is 2. The zero-order valence-corrected chi connectivity index (χ0v) is 9.41. The Hall–Kier alpha value is -1.32. The summed E-state index contributed by atoms with van der Waals surface area (Å²) in [6, 6.07) is -0.640. The Balaban J connectivity index is 3.23. The standard InChI is InChI=1S/C11H21N3O/c1-2-3-4-5-6-7-8-9-10-13-14-11(12)15/h8-10H,2-7H2,1H3,(H3,12,14,15)/b9-8+,13-10+. The first-order chi connectivity index (χ1) is 7.27. The van der Waals surface area contributed by atoms with E-state index in [1.165, 1.54) is 38.3 Å². The highest BCUT2D eigenvalue weighted by Crippen LogP contribution is 2.04. The molecule has 0 spiro atoms. The number of nitrogens with one attached hydrogen (secondary N) is 1. The molecule has 4 nitrogen and oxygen atoms in total. The molecule has 0 rings (SSSR count). The van der Waals surface area contributed by atoms with Crippen LogP contribution in [-0.4, -0.2) is 12.2 Å². The Morgan fingerprint density at radius 2 is 2.07 bits per heavy atom. The summed E-state index contributed by atoms with van der Waals surface area (Å²) in [5, 5.41) is 3.58. The van der Waals surface area contributed by atoms with Gasteiger partial charge in [-0.1, -0.05) is 38.7 Å². The zero-order chi connectivity index (χ0) is 11.4. The summed E-state index contributed by atoms with van der Waals surface area (Å²) in [6.45, 7) is 2.21. The van der Waals surface area contributed by atoms with E-state index in [0.29, 0.717) is 0 Å². The minimum atomic E-state index is -0.640. The molecule has 0 aliphatic carbocycles. The highest BCUT2D eigenvalue weighted by atomic mass is 16.2. The van der Waals surface area contributed by atoms with Crippen LogP contribution in [0, 0.1) is 0 Å². The van der Waals surface area contributed by atoms with Crippen LogP contribution in [0.25, 0.3) is 0 Å². The topological polar surface area (TPSA) is 67.5 Å². The first-order valence-corrected chi connectivity index (χ1v) is 5.51. The number of nitrogens with two attached hydrogens (primary N) is 1. The molecule has 0 bridgehead atoms. The Labute approximate surface area is 91.6 Å². The summed E-state index contributed by atoms with van der Waals surface area (Å²) in [6.07, 6.45) is 12.9. The number of allylic oxidation sites excluding steroid dienone is 2. The van der Waals surface area contributed by atoms with Gasteiger partial charge >= 0.3 is 6.03 Å².